The first kappa shape index (κ1) is 17.9. The van der Waals surface area contributed by atoms with E-state index in [9.17, 15) is 18.0 Å². The highest BCUT2D eigenvalue weighted by atomic mass is 19.4. The molecule has 0 N–H and O–H groups in total. The molecule has 2 aromatic heterocycles. The lowest BCUT2D eigenvalue weighted by Gasteiger charge is -2.33. The van der Waals surface area contributed by atoms with E-state index in [-0.39, 0.29) is 12.5 Å². The lowest BCUT2D eigenvalue weighted by Crippen LogP contribution is -2.37. The van der Waals surface area contributed by atoms with Gasteiger partial charge in [-0.25, -0.2) is 9.67 Å². The number of piperidine rings is 1. The van der Waals surface area contributed by atoms with E-state index < -0.39 is 17.4 Å². The Morgan fingerprint density at radius 1 is 1.19 bits per heavy atom. The van der Waals surface area contributed by atoms with Crippen molar-refractivity contribution in [2.75, 3.05) is 18.0 Å². The second kappa shape index (κ2) is 7.15. The highest BCUT2D eigenvalue weighted by molar-refractivity contribution is 5.46. The molecule has 0 unspecified atom stereocenters. The molecule has 9 heteroatoms. The zero-order valence-corrected chi connectivity index (χ0v) is 13.8. The Balaban J connectivity index is 1.64. The number of aromatic nitrogens is 3. The van der Waals surface area contributed by atoms with Gasteiger partial charge in [0.25, 0.3) is 5.56 Å². The molecule has 26 heavy (non-hydrogen) atoms. The third-order valence-corrected chi connectivity index (χ3v) is 4.43. The molecule has 136 valence electrons. The standard InChI is InChI=1S/C17H16F3N5O/c18-17(19,20)15-3-4-16(26)25(23-15)11-12-5-7-24(8-6-12)14-2-1-13(9-21)22-10-14/h1-4,10,12H,5-8,11H2. The maximum Gasteiger partial charge on any atom is 0.435 e. The van der Waals surface area contributed by atoms with Crippen molar-refractivity contribution < 1.29 is 13.2 Å². The van der Waals surface area contributed by atoms with Crippen molar-refractivity contribution in [3.63, 3.8) is 0 Å². The fourth-order valence-corrected chi connectivity index (χ4v) is 2.99. The molecule has 3 rings (SSSR count). The Morgan fingerprint density at radius 3 is 2.50 bits per heavy atom. The zero-order valence-electron chi connectivity index (χ0n) is 13.8. The van der Waals surface area contributed by atoms with Gasteiger partial charge in [-0.3, -0.25) is 4.79 Å². The van der Waals surface area contributed by atoms with Crippen molar-refractivity contribution in [2.24, 2.45) is 5.92 Å². The molecular formula is C17H16F3N5O. The van der Waals surface area contributed by atoms with Gasteiger partial charge in [0.05, 0.1) is 11.9 Å². The minimum Gasteiger partial charge on any atom is -0.370 e. The lowest BCUT2D eigenvalue weighted by atomic mass is 9.96. The van der Waals surface area contributed by atoms with Crippen LogP contribution < -0.4 is 10.5 Å². The molecule has 0 aromatic carbocycles. The summed E-state index contributed by atoms with van der Waals surface area (Å²) in [6.45, 7) is 1.57. The van der Waals surface area contributed by atoms with Gasteiger partial charge in [-0.05, 0) is 37.0 Å². The number of halogens is 3. The quantitative estimate of drug-likeness (QED) is 0.837. The molecule has 1 aliphatic rings. The second-order valence-corrected chi connectivity index (χ2v) is 6.18. The average Bonchev–Trinajstić information content (AvgIpc) is 2.63. The summed E-state index contributed by atoms with van der Waals surface area (Å²) in [4.78, 5) is 17.9. The van der Waals surface area contributed by atoms with Crippen LogP contribution in [-0.4, -0.2) is 27.9 Å². The van der Waals surface area contributed by atoms with Gasteiger partial charge in [-0.15, -0.1) is 0 Å². The van der Waals surface area contributed by atoms with E-state index in [1.165, 1.54) is 0 Å². The monoisotopic (exact) mass is 363 g/mol. The second-order valence-electron chi connectivity index (χ2n) is 6.18. The number of alkyl halides is 3. The summed E-state index contributed by atoms with van der Waals surface area (Å²) in [7, 11) is 0. The van der Waals surface area contributed by atoms with Crippen LogP contribution in [0, 0.1) is 17.2 Å². The van der Waals surface area contributed by atoms with Crippen molar-refractivity contribution >= 4 is 5.69 Å². The van der Waals surface area contributed by atoms with Gasteiger partial charge in [0.15, 0.2) is 5.69 Å². The highest BCUT2D eigenvalue weighted by Gasteiger charge is 2.33. The summed E-state index contributed by atoms with van der Waals surface area (Å²) in [5, 5.41) is 12.2. The van der Waals surface area contributed by atoms with E-state index >= 15 is 0 Å². The molecule has 0 amide bonds. The first-order chi connectivity index (χ1) is 12.4. The maximum absolute atomic E-state index is 12.8. The number of nitriles is 1. The number of hydrogen-bond donors (Lipinski definition) is 0. The molecular weight excluding hydrogens is 347 g/mol. The maximum atomic E-state index is 12.8. The fourth-order valence-electron chi connectivity index (χ4n) is 2.99. The van der Waals surface area contributed by atoms with Crippen molar-refractivity contribution in [3.05, 3.63) is 52.2 Å². The lowest BCUT2D eigenvalue weighted by molar-refractivity contribution is -0.142. The minimum absolute atomic E-state index is 0.0753. The highest BCUT2D eigenvalue weighted by Crippen LogP contribution is 2.27. The Kier molecular flexibility index (Phi) is 4.93. The van der Waals surface area contributed by atoms with Crippen LogP contribution in [-0.2, 0) is 12.7 Å². The van der Waals surface area contributed by atoms with Gasteiger partial charge in [-0.1, -0.05) is 0 Å². The molecule has 0 saturated carbocycles. The molecule has 0 bridgehead atoms. The number of rotatable bonds is 3. The van der Waals surface area contributed by atoms with Crippen LogP contribution in [0.2, 0.25) is 0 Å². The molecule has 1 saturated heterocycles. The van der Waals surface area contributed by atoms with Gasteiger partial charge < -0.3 is 4.90 Å². The summed E-state index contributed by atoms with van der Waals surface area (Å²) < 4.78 is 39.2. The van der Waals surface area contributed by atoms with Crippen LogP contribution in [0.15, 0.2) is 35.3 Å². The van der Waals surface area contributed by atoms with Gasteiger partial charge in [0, 0.05) is 25.7 Å². The van der Waals surface area contributed by atoms with Crippen molar-refractivity contribution in [2.45, 2.75) is 25.6 Å². The molecule has 2 aromatic rings. The fraction of sp³-hybridized carbons (Fsp3) is 0.412. The number of nitrogens with zero attached hydrogens (tertiary/aromatic N) is 5. The summed E-state index contributed by atoms with van der Waals surface area (Å²) in [6.07, 6.45) is -1.48. The summed E-state index contributed by atoms with van der Waals surface area (Å²) >= 11 is 0. The molecule has 0 radical (unpaired) electrons. The first-order valence-electron chi connectivity index (χ1n) is 8.13. The predicted octanol–water partition coefficient (Wildman–Crippen LogP) is 2.45. The molecule has 6 nitrogen and oxygen atoms in total. The van der Waals surface area contributed by atoms with Crippen LogP contribution in [0.1, 0.15) is 24.2 Å². The van der Waals surface area contributed by atoms with E-state index in [0.717, 1.165) is 29.3 Å². The molecule has 3 heterocycles. The van der Waals surface area contributed by atoms with Crippen LogP contribution in [0.25, 0.3) is 0 Å². The third kappa shape index (κ3) is 4.02. The molecule has 0 spiro atoms. The SMILES string of the molecule is N#Cc1ccc(N2CCC(Cn3nc(C(F)(F)F)ccc3=O)CC2)cn1. The Labute approximate surface area is 147 Å². The van der Waals surface area contributed by atoms with Crippen LogP contribution in [0.4, 0.5) is 18.9 Å². The minimum atomic E-state index is -4.57. The van der Waals surface area contributed by atoms with E-state index in [4.69, 9.17) is 5.26 Å². The molecule has 0 atom stereocenters. The molecule has 0 aliphatic carbocycles. The molecule has 1 aliphatic heterocycles. The number of pyridine rings is 1. The Morgan fingerprint density at radius 2 is 1.92 bits per heavy atom. The number of hydrogen-bond acceptors (Lipinski definition) is 5. The topological polar surface area (TPSA) is 74.8 Å². The van der Waals surface area contributed by atoms with Gasteiger partial charge in [-0.2, -0.15) is 23.5 Å². The average molecular weight is 363 g/mol. The smallest absolute Gasteiger partial charge is 0.370 e. The van der Waals surface area contributed by atoms with Gasteiger partial charge >= 0.3 is 6.18 Å². The van der Waals surface area contributed by atoms with E-state index in [0.29, 0.717) is 24.8 Å². The van der Waals surface area contributed by atoms with E-state index in [1.807, 2.05) is 12.1 Å². The number of anilines is 1. The van der Waals surface area contributed by atoms with Crippen molar-refractivity contribution in [3.8, 4) is 6.07 Å². The van der Waals surface area contributed by atoms with Crippen LogP contribution in [0.5, 0.6) is 0 Å². The van der Waals surface area contributed by atoms with Gasteiger partial charge in [0.1, 0.15) is 11.8 Å². The summed E-state index contributed by atoms with van der Waals surface area (Å²) in [6, 6.07) is 7.05. The van der Waals surface area contributed by atoms with E-state index in [2.05, 4.69) is 15.0 Å². The third-order valence-electron chi connectivity index (χ3n) is 4.43. The zero-order chi connectivity index (χ0) is 18.7. The van der Waals surface area contributed by atoms with E-state index in [1.54, 1.807) is 12.3 Å². The van der Waals surface area contributed by atoms with Crippen molar-refractivity contribution in [1.82, 2.24) is 14.8 Å². The van der Waals surface area contributed by atoms with Crippen LogP contribution >= 0.6 is 0 Å². The summed E-state index contributed by atoms with van der Waals surface area (Å²) in [5.74, 6) is 0.0753. The normalized spacial score (nSPS) is 15.7. The Hall–Kier alpha value is -2.89. The Bertz CT molecular complexity index is 862. The molecule has 1 fully saturated rings. The van der Waals surface area contributed by atoms with Gasteiger partial charge in [0.2, 0.25) is 0 Å². The summed E-state index contributed by atoms with van der Waals surface area (Å²) in [5.41, 5.74) is -0.342. The predicted molar refractivity (Wildman–Crippen MR) is 87.4 cm³/mol. The van der Waals surface area contributed by atoms with Crippen molar-refractivity contribution in [1.29, 1.82) is 5.26 Å². The first-order valence-corrected chi connectivity index (χ1v) is 8.13. The largest absolute Gasteiger partial charge is 0.435 e. The van der Waals surface area contributed by atoms with Crippen LogP contribution in [0.3, 0.4) is 0 Å².